The standard InChI is InChI=1S/C23H16Cl2N2O2/c24-17-3-6-20(25)19(14-17)21-7-8-22(29-21)23(28)27-18-4-1-15(2-5-18)13-16-9-11-26-12-10-16/h1-12,14H,13H2,(H,27,28). The van der Waals surface area contributed by atoms with Gasteiger partial charge in [-0.05, 0) is 72.1 Å². The van der Waals surface area contributed by atoms with Crippen molar-refractivity contribution in [1.82, 2.24) is 4.98 Å². The monoisotopic (exact) mass is 422 g/mol. The van der Waals surface area contributed by atoms with Crippen molar-refractivity contribution in [3.8, 4) is 11.3 Å². The maximum absolute atomic E-state index is 12.5. The molecule has 4 rings (SSSR count). The average Bonchev–Trinajstić information content (AvgIpc) is 3.22. The summed E-state index contributed by atoms with van der Waals surface area (Å²) in [6.07, 6.45) is 4.36. The van der Waals surface area contributed by atoms with Crippen molar-refractivity contribution in [3.05, 3.63) is 106 Å². The van der Waals surface area contributed by atoms with Gasteiger partial charge in [0.25, 0.3) is 5.91 Å². The molecule has 2 aromatic carbocycles. The Labute approximate surface area is 178 Å². The van der Waals surface area contributed by atoms with Crippen LogP contribution in [0.2, 0.25) is 10.0 Å². The topological polar surface area (TPSA) is 55.1 Å². The molecule has 0 fully saturated rings. The minimum absolute atomic E-state index is 0.192. The Morgan fingerprint density at radius 2 is 1.62 bits per heavy atom. The number of nitrogens with zero attached hydrogens (tertiary/aromatic N) is 1. The molecule has 4 aromatic rings. The molecular formula is C23H16Cl2N2O2. The van der Waals surface area contributed by atoms with Crippen LogP contribution in [-0.2, 0) is 6.42 Å². The van der Waals surface area contributed by atoms with Gasteiger partial charge in [0.05, 0.1) is 5.02 Å². The molecule has 1 N–H and O–H groups in total. The number of furan rings is 1. The molecule has 0 radical (unpaired) electrons. The number of anilines is 1. The number of carbonyl (C=O) groups is 1. The fraction of sp³-hybridized carbons (Fsp3) is 0.0435. The molecule has 0 aliphatic carbocycles. The van der Waals surface area contributed by atoms with E-state index in [2.05, 4.69) is 10.3 Å². The number of carbonyl (C=O) groups excluding carboxylic acids is 1. The summed E-state index contributed by atoms with van der Waals surface area (Å²) in [5.74, 6) is 0.337. The van der Waals surface area contributed by atoms with Crippen LogP contribution < -0.4 is 5.32 Å². The Morgan fingerprint density at radius 1 is 0.897 bits per heavy atom. The SMILES string of the molecule is O=C(Nc1ccc(Cc2ccncc2)cc1)c1ccc(-c2cc(Cl)ccc2Cl)o1. The molecule has 29 heavy (non-hydrogen) atoms. The van der Waals surface area contributed by atoms with Crippen LogP contribution in [0.4, 0.5) is 5.69 Å². The van der Waals surface area contributed by atoms with Gasteiger partial charge in [-0.3, -0.25) is 9.78 Å². The number of hydrogen-bond acceptors (Lipinski definition) is 3. The van der Waals surface area contributed by atoms with Crippen LogP contribution in [0.15, 0.2) is 83.5 Å². The van der Waals surface area contributed by atoms with Crippen LogP contribution >= 0.6 is 23.2 Å². The highest BCUT2D eigenvalue weighted by Gasteiger charge is 2.14. The van der Waals surface area contributed by atoms with Gasteiger partial charge in [-0.25, -0.2) is 0 Å². The van der Waals surface area contributed by atoms with Crippen LogP contribution in [0.1, 0.15) is 21.7 Å². The molecule has 4 nitrogen and oxygen atoms in total. The zero-order chi connectivity index (χ0) is 20.2. The van der Waals surface area contributed by atoms with E-state index in [-0.39, 0.29) is 11.7 Å². The molecule has 144 valence electrons. The first-order chi connectivity index (χ1) is 14.1. The molecule has 0 unspecified atom stereocenters. The van der Waals surface area contributed by atoms with Gasteiger partial charge in [0, 0.05) is 28.7 Å². The largest absolute Gasteiger partial charge is 0.451 e. The molecule has 0 aliphatic heterocycles. The van der Waals surface area contributed by atoms with E-state index in [1.54, 1.807) is 42.7 Å². The number of hydrogen-bond donors (Lipinski definition) is 1. The van der Waals surface area contributed by atoms with Crippen molar-refractivity contribution in [2.75, 3.05) is 5.32 Å². The van der Waals surface area contributed by atoms with Crippen LogP contribution in [0.25, 0.3) is 11.3 Å². The van der Waals surface area contributed by atoms with E-state index < -0.39 is 0 Å². The summed E-state index contributed by atoms with van der Waals surface area (Å²) in [5.41, 5.74) is 3.65. The van der Waals surface area contributed by atoms with Gasteiger partial charge in [-0.1, -0.05) is 35.3 Å². The van der Waals surface area contributed by atoms with Gasteiger partial charge in [-0.2, -0.15) is 0 Å². The van der Waals surface area contributed by atoms with E-state index in [4.69, 9.17) is 27.6 Å². The second kappa shape index (κ2) is 8.52. The van der Waals surface area contributed by atoms with Gasteiger partial charge in [0.15, 0.2) is 5.76 Å². The lowest BCUT2D eigenvalue weighted by molar-refractivity contribution is 0.0997. The number of rotatable bonds is 5. The first-order valence-corrected chi connectivity index (χ1v) is 9.68. The molecule has 0 atom stereocenters. The molecule has 0 aliphatic rings. The fourth-order valence-electron chi connectivity index (χ4n) is 2.93. The predicted molar refractivity (Wildman–Crippen MR) is 116 cm³/mol. The lowest BCUT2D eigenvalue weighted by atomic mass is 10.1. The normalized spacial score (nSPS) is 10.7. The van der Waals surface area contributed by atoms with E-state index >= 15 is 0 Å². The van der Waals surface area contributed by atoms with E-state index in [1.807, 2.05) is 36.4 Å². The Kier molecular flexibility index (Phi) is 5.65. The summed E-state index contributed by atoms with van der Waals surface area (Å²) in [4.78, 5) is 16.5. The molecule has 1 amide bonds. The summed E-state index contributed by atoms with van der Waals surface area (Å²) in [6, 6.07) is 20.1. The Balaban J connectivity index is 1.44. The van der Waals surface area contributed by atoms with Gasteiger partial charge in [0.1, 0.15) is 5.76 Å². The second-order valence-corrected chi connectivity index (χ2v) is 7.31. The quantitative estimate of drug-likeness (QED) is 0.399. The maximum Gasteiger partial charge on any atom is 0.291 e. The summed E-state index contributed by atoms with van der Waals surface area (Å²) >= 11 is 12.2. The molecule has 2 heterocycles. The van der Waals surface area contributed by atoms with Gasteiger partial charge < -0.3 is 9.73 Å². The first kappa shape index (κ1) is 19.2. The Bertz CT molecular complexity index is 1140. The molecule has 2 aromatic heterocycles. The number of nitrogens with one attached hydrogen (secondary N) is 1. The fourth-order valence-corrected chi connectivity index (χ4v) is 3.31. The molecule has 0 saturated carbocycles. The highest BCUT2D eigenvalue weighted by Crippen LogP contribution is 2.32. The lowest BCUT2D eigenvalue weighted by Crippen LogP contribution is -2.10. The van der Waals surface area contributed by atoms with Gasteiger partial charge in [-0.15, -0.1) is 0 Å². The minimum Gasteiger partial charge on any atom is -0.451 e. The number of aromatic nitrogens is 1. The summed E-state index contributed by atoms with van der Waals surface area (Å²) < 4.78 is 5.68. The summed E-state index contributed by atoms with van der Waals surface area (Å²) in [5, 5.41) is 3.88. The summed E-state index contributed by atoms with van der Waals surface area (Å²) in [7, 11) is 0. The molecule has 0 spiro atoms. The maximum atomic E-state index is 12.5. The van der Waals surface area contributed by atoms with Gasteiger partial charge >= 0.3 is 0 Å². The number of amides is 1. The van der Waals surface area contributed by atoms with Crippen molar-refractivity contribution in [1.29, 1.82) is 0 Å². The highest BCUT2D eigenvalue weighted by atomic mass is 35.5. The van der Waals surface area contributed by atoms with Crippen molar-refractivity contribution < 1.29 is 9.21 Å². The molecule has 0 saturated heterocycles. The summed E-state index contributed by atoms with van der Waals surface area (Å²) in [6.45, 7) is 0. The van der Waals surface area contributed by atoms with E-state index in [0.29, 0.717) is 27.1 Å². The predicted octanol–water partition coefficient (Wildman–Crippen LogP) is 6.49. The number of halogens is 2. The number of benzene rings is 2. The molecule has 6 heteroatoms. The van der Waals surface area contributed by atoms with Crippen molar-refractivity contribution in [2.45, 2.75) is 6.42 Å². The Hall–Kier alpha value is -3.08. The minimum atomic E-state index is -0.337. The third kappa shape index (κ3) is 4.67. The smallest absolute Gasteiger partial charge is 0.291 e. The van der Waals surface area contributed by atoms with Crippen molar-refractivity contribution in [2.24, 2.45) is 0 Å². The van der Waals surface area contributed by atoms with Gasteiger partial charge in [0.2, 0.25) is 0 Å². The Morgan fingerprint density at radius 3 is 2.38 bits per heavy atom. The lowest BCUT2D eigenvalue weighted by Gasteiger charge is -2.06. The molecule has 0 bridgehead atoms. The average molecular weight is 423 g/mol. The number of pyridine rings is 1. The van der Waals surface area contributed by atoms with Crippen molar-refractivity contribution in [3.63, 3.8) is 0 Å². The van der Waals surface area contributed by atoms with Crippen LogP contribution in [0.5, 0.6) is 0 Å². The second-order valence-electron chi connectivity index (χ2n) is 6.47. The van der Waals surface area contributed by atoms with E-state index in [1.165, 1.54) is 5.56 Å². The zero-order valence-corrected chi connectivity index (χ0v) is 16.7. The van der Waals surface area contributed by atoms with Crippen molar-refractivity contribution >= 4 is 34.8 Å². The van der Waals surface area contributed by atoms with E-state index in [9.17, 15) is 4.79 Å². The highest BCUT2D eigenvalue weighted by molar-refractivity contribution is 6.35. The van der Waals surface area contributed by atoms with Crippen LogP contribution in [0, 0.1) is 0 Å². The zero-order valence-electron chi connectivity index (χ0n) is 15.2. The van der Waals surface area contributed by atoms with Crippen LogP contribution in [0.3, 0.4) is 0 Å². The third-order valence-corrected chi connectivity index (χ3v) is 4.96. The van der Waals surface area contributed by atoms with Crippen LogP contribution in [-0.4, -0.2) is 10.9 Å². The third-order valence-electron chi connectivity index (χ3n) is 4.39. The first-order valence-electron chi connectivity index (χ1n) is 8.93. The molecular weight excluding hydrogens is 407 g/mol. The van der Waals surface area contributed by atoms with E-state index in [0.717, 1.165) is 12.0 Å².